The molecular weight excluding hydrogens is 388 g/mol. The molecular formula is C27H36O4. The van der Waals surface area contributed by atoms with Crippen molar-refractivity contribution < 1.29 is 19.1 Å². The molecule has 0 radical (unpaired) electrons. The van der Waals surface area contributed by atoms with E-state index in [1.165, 1.54) is 18.8 Å². The number of methoxy groups -OCH3 is 1. The molecule has 6 rings (SSSR count). The van der Waals surface area contributed by atoms with Crippen LogP contribution < -0.4 is 0 Å². The molecule has 31 heavy (non-hydrogen) atoms. The Morgan fingerprint density at radius 3 is 2.45 bits per heavy atom. The number of hydrogen-bond donors (Lipinski definition) is 0. The summed E-state index contributed by atoms with van der Waals surface area (Å²) < 4.78 is 5.29. The summed E-state index contributed by atoms with van der Waals surface area (Å²) in [4.78, 5) is 39.3. The largest absolute Gasteiger partial charge is 0.469 e. The zero-order chi connectivity index (χ0) is 22.3. The lowest BCUT2D eigenvalue weighted by Crippen LogP contribution is -2.66. The maximum atomic E-state index is 13.3. The Kier molecular flexibility index (Phi) is 4.54. The number of ether oxygens (including phenoxy) is 1. The van der Waals surface area contributed by atoms with Crippen molar-refractivity contribution in [1.82, 2.24) is 0 Å². The van der Waals surface area contributed by atoms with Crippen LogP contribution in [0.1, 0.15) is 66.2 Å². The molecule has 0 amide bonds. The third-order valence-corrected chi connectivity index (χ3v) is 10.4. The highest BCUT2D eigenvalue weighted by Gasteiger charge is 2.70. The van der Waals surface area contributed by atoms with E-state index in [1.54, 1.807) is 6.08 Å². The van der Waals surface area contributed by atoms with Crippen molar-refractivity contribution in [2.45, 2.75) is 66.2 Å². The fraction of sp³-hybridized carbons (Fsp3) is 0.741. The van der Waals surface area contributed by atoms with E-state index in [2.05, 4.69) is 33.8 Å². The van der Waals surface area contributed by atoms with Crippen LogP contribution in [-0.2, 0) is 19.1 Å². The minimum absolute atomic E-state index is 0.0217. The molecule has 6 aliphatic rings. The summed E-state index contributed by atoms with van der Waals surface area (Å²) in [6, 6.07) is 0. The monoisotopic (exact) mass is 424 g/mol. The van der Waals surface area contributed by atoms with Crippen LogP contribution in [-0.4, -0.2) is 24.6 Å². The van der Waals surface area contributed by atoms with Gasteiger partial charge in [0.15, 0.2) is 11.6 Å². The summed E-state index contributed by atoms with van der Waals surface area (Å²) >= 11 is 0. The zero-order valence-corrected chi connectivity index (χ0v) is 19.6. The predicted molar refractivity (Wildman–Crippen MR) is 118 cm³/mol. The van der Waals surface area contributed by atoms with Gasteiger partial charge in [-0.25, -0.2) is 0 Å². The molecule has 0 aromatic heterocycles. The molecule has 0 aromatic rings. The first-order valence-corrected chi connectivity index (χ1v) is 12.2. The number of esters is 1. The minimum atomic E-state index is -0.462. The average Bonchev–Trinajstić information content (AvgIpc) is 2.74. The molecule has 4 heteroatoms. The Morgan fingerprint density at radius 2 is 1.77 bits per heavy atom. The lowest BCUT2D eigenvalue weighted by molar-refractivity contribution is -0.199. The topological polar surface area (TPSA) is 60.4 Å². The maximum absolute atomic E-state index is 13.3. The van der Waals surface area contributed by atoms with Gasteiger partial charge >= 0.3 is 5.97 Å². The van der Waals surface area contributed by atoms with Crippen molar-refractivity contribution in [3.05, 3.63) is 23.8 Å². The number of carbonyl (C=O) groups excluding carboxylic acids is 3. The zero-order valence-electron chi connectivity index (χ0n) is 19.6. The van der Waals surface area contributed by atoms with Gasteiger partial charge in [0.05, 0.1) is 12.5 Å². The molecule has 0 heterocycles. The van der Waals surface area contributed by atoms with Crippen molar-refractivity contribution in [2.24, 2.45) is 51.8 Å². The molecule has 1 spiro atoms. The summed E-state index contributed by atoms with van der Waals surface area (Å²) in [5.41, 5.74) is 0.654. The highest BCUT2D eigenvalue weighted by atomic mass is 16.5. The van der Waals surface area contributed by atoms with Crippen LogP contribution in [0.5, 0.6) is 0 Å². The van der Waals surface area contributed by atoms with Gasteiger partial charge in [-0.2, -0.15) is 0 Å². The van der Waals surface area contributed by atoms with E-state index in [4.69, 9.17) is 4.74 Å². The first-order valence-electron chi connectivity index (χ1n) is 12.2. The van der Waals surface area contributed by atoms with Crippen LogP contribution in [0, 0.1) is 51.8 Å². The molecule has 0 unspecified atom stereocenters. The quantitative estimate of drug-likeness (QED) is 0.466. The lowest BCUT2D eigenvalue weighted by atomic mass is 9.33. The highest BCUT2D eigenvalue weighted by Crippen LogP contribution is 2.74. The third kappa shape index (κ3) is 2.51. The maximum Gasteiger partial charge on any atom is 0.311 e. The molecule has 4 nitrogen and oxygen atoms in total. The normalized spacial score (nSPS) is 48.1. The van der Waals surface area contributed by atoms with E-state index < -0.39 is 5.41 Å². The molecule has 3 saturated carbocycles. The van der Waals surface area contributed by atoms with Crippen LogP contribution in [0.2, 0.25) is 0 Å². The Bertz CT molecular complexity index is 912. The second-order valence-electron chi connectivity index (χ2n) is 11.8. The van der Waals surface area contributed by atoms with Gasteiger partial charge in [-0.3, -0.25) is 14.4 Å². The summed E-state index contributed by atoms with van der Waals surface area (Å²) in [5, 5.41) is 0. The molecule has 2 bridgehead atoms. The fourth-order valence-electron chi connectivity index (χ4n) is 9.27. The number of hydrogen-bond acceptors (Lipinski definition) is 4. The standard InChI is InChI=1S/C27H36O4/c1-15(2)17-14-27-12-9-20-25(3,10-6-11-26(20,4)24(30)31-5)21(27)13-16(17)22-18(28)7-8-19(29)23(22)27/h7-8,14-16,20-23H,6,9-13H2,1-5H3/t16-,20+,21-,22-,23-,25-,26+,27-/m0/s1. The summed E-state index contributed by atoms with van der Waals surface area (Å²) in [6.07, 6.45) is 11.3. The van der Waals surface area contributed by atoms with Crippen LogP contribution in [0.15, 0.2) is 23.8 Å². The molecule has 8 atom stereocenters. The van der Waals surface area contributed by atoms with Gasteiger partial charge in [0.1, 0.15) is 0 Å². The molecule has 0 aromatic carbocycles. The van der Waals surface area contributed by atoms with Crippen molar-refractivity contribution in [3.8, 4) is 0 Å². The smallest absolute Gasteiger partial charge is 0.311 e. The van der Waals surface area contributed by atoms with Gasteiger partial charge < -0.3 is 4.74 Å². The van der Waals surface area contributed by atoms with Gasteiger partial charge in [-0.1, -0.05) is 38.8 Å². The first-order chi connectivity index (χ1) is 14.6. The summed E-state index contributed by atoms with van der Waals surface area (Å²) in [6.45, 7) is 8.93. The number of carbonyl (C=O) groups is 3. The van der Waals surface area contributed by atoms with Crippen molar-refractivity contribution in [2.75, 3.05) is 7.11 Å². The predicted octanol–water partition coefficient (Wildman–Crippen LogP) is 4.92. The number of ketones is 2. The van der Waals surface area contributed by atoms with Gasteiger partial charge in [0, 0.05) is 17.3 Å². The molecule has 168 valence electrons. The van der Waals surface area contributed by atoms with Crippen LogP contribution >= 0.6 is 0 Å². The van der Waals surface area contributed by atoms with E-state index in [1.807, 2.05) is 0 Å². The van der Waals surface area contributed by atoms with Crippen LogP contribution in [0.3, 0.4) is 0 Å². The van der Waals surface area contributed by atoms with Gasteiger partial charge in [-0.15, -0.1) is 0 Å². The van der Waals surface area contributed by atoms with Gasteiger partial charge in [0.2, 0.25) is 0 Å². The van der Waals surface area contributed by atoms with Crippen LogP contribution in [0.25, 0.3) is 0 Å². The number of rotatable bonds is 2. The summed E-state index contributed by atoms with van der Waals surface area (Å²) in [5.74, 6) is 0.932. The third-order valence-electron chi connectivity index (χ3n) is 10.4. The number of fused-ring (bicyclic) bond motifs is 1. The summed E-state index contributed by atoms with van der Waals surface area (Å²) in [7, 11) is 1.51. The fourth-order valence-corrected chi connectivity index (χ4v) is 9.27. The molecule has 0 aliphatic heterocycles. The molecule has 0 saturated heterocycles. The van der Waals surface area contributed by atoms with Crippen molar-refractivity contribution >= 4 is 17.5 Å². The Morgan fingerprint density at radius 1 is 1.06 bits per heavy atom. The number of allylic oxidation sites excluding steroid dienone is 4. The second kappa shape index (κ2) is 6.65. The minimum Gasteiger partial charge on any atom is -0.469 e. The van der Waals surface area contributed by atoms with Gasteiger partial charge in [0.25, 0.3) is 0 Å². The highest BCUT2D eigenvalue weighted by molar-refractivity contribution is 6.08. The lowest BCUT2D eigenvalue weighted by Gasteiger charge is -2.69. The van der Waals surface area contributed by atoms with Gasteiger partial charge in [-0.05, 0) is 80.3 Å². The van der Waals surface area contributed by atoms with Crippen molar-refractivity contribution in [3.63, 3.8) is 0 Å². The van der Waals surface area contributed by atoms with Crippen molar-refractivity contribution in [1.29, 1.82) is 0 Å². The average molecular weight is 425 g/mol. The van der Waals surface area contributed by atoms with E-state index in [0.717, 1.165) is 38.5 Å². The molecule has 3 fully saturated rings. The molecule has 6 aliphatic carbocycles. The van der Waals surface area contributed by atoms with E-state index >= 15 is 0 Å². The Balaban J connectivity index is 1.66. The first kappa shape index (κ1) is 21.2. The SMILES string of the molecule is COC(=O)[C@]1(C)CCC[C@@]2(C)[C@H]1CC[C@]13C=C(C(C)C)[C@H](C[C@@H]21)[C@H]1C(=O)C=CC(=O)[C@@H]13. The van der Waals surface area contributed by atoms with E-state index in [0.29, 0.717) is 11.8 Å². The Hall–Kier alpha value is -1.71. The van der Waals surface area contributed by atoms with E-state index in [9.17, 15) is 14.4 Å². The second-order valence-corrected chi connectivity index (χ2v) is 11.8. The Labute approximate surface area is 185 Å². The van der Waals surface area contributed by atoms with Crippen LogP contribution in [0.4, 0.5) is 0 Å². The van der Waals surface area contributed by atoms with E-state index in [-0.39, 0.29) is 52.0 Å². The molecule has 0 N–H and O–H groups in total.